The number of likely N-dealkylation sites (N-methyl/N-ethyl adjacent to an activating group) is 1. The lowest BCUT2D eigenvalue weighted by molar-refractivity contribution is -0.124. The summed E-state index contributed by atoms with van der Waals surface area (Å²) in [5.74, 6) is -0.446. The minimum absolute atomic E-state index is 0.0657. The summed E-state index contributed by atoms with van der Waals surface area (Å²) >= 11 is 0. The maximum atomic E-state index is 12.0. The van der Waals surface area contributed by atoms with Crippen molar-refractivity contribution in [1.82, 2.24) is 10.2 Å². The van der Waals surface area contributed by atoms with E-state index in [0.717, 1.165) is 5.56 Å². The Kier molecular flexibility index (Phi) is 6.04. The van der Waals surface area contributed by atoms with Gasteiger partial charge in [-0.3, -0.25) is 15.0 Å². The SMILES string of the molecule is C[C@@H](C(=O)NC(N)=O)N(C)Cc1ccc(OC(F)F)cc1. The van der Waals surface area contributed by atoms with Crippen molar-refractivity contribution < 1.29 is 23.1 Å². The molecule has 0 radical (unpaired) electrons. The van der Waals surface area contributed by atoms with E-state index < -0.39 is 24.6 Å². The first-order chi connectivity index (χ1) is 9.79. The van der Waals surface area contributed by atoms with Gasteiger partial charge in [0.25, 0.3) is 0 Å². The molecule has 21 heavy (non-hydrogen) atoms. The van der Waals surface area contributed by atoms with Crippen LogP contribution in [0.4, 0.5) is 13.6 Å². The first-order valence-corrected chi connectivity index (χ1v) is 6.14. The minimum atomic E-state index is -2.86. The fourth-order valence-corrected chi connectivity index (χ4v) is 1.63. The molecule has 0 fully saturated rings. The van der Waals surface area contributed by atoms with E-state index in [1.807, 2.05) is 5.32 Å². The maximum absolute atomic E-state index is 12.0. The van der Waals surface area contributed by atoms with Gasteiger partial charge < -0.3 is 10.5 Å². The van der Waals surface area contributed by atoms with E-state index in [1.54, 1.807) is 31.0 Å². The van der Waals surface area contributed by atoms with Crippen molar-refractivity contribution in [2.75, 3.05) is 7.05 Å². The zero-order chi connectivity index (χ0) is 16.0. The summed E-state index contributed by atoms with van der Waals surface area (Å²) in [5.41, 5.74) is 5.68. The molecule has 8 heteroatoms. The van der Waals surface area contributed by atoms with Crippen molar-refractivity contribution in [2.45, 2.75) is 26.1 Å². The molecule has 1 aromatic rings. The zero-order valence-corrected chi connectivity index (χ0v) is 11.7. The van der Waals surface area contributed by atoms with Crippen molar-refractivity contribution >= 4 is 11.9 Å². The van der Waals surface area contributed by atoms with Crippen LogP contribution >= 0.6 is 0 Å². The number of amides is 3. The third-order valence-corrected chi connectivity index (χ3v) is 2.87. The predicted octanol–water partition coefficient (Wildman–Crippen LogP) is 1.30. The maximum Gasteiger partial charge on any atom is 0.387 e. The molecule has 3 N–H and O–H groups in total. The van der Waals surface area contributed by atoms with Crippen molar-refractivity contribution in [1.29, 1.82) is 0 Å². The fraction of sp³-hybridized carbons (Fsp3) is 0.385. The van der Waals surface area contributed by atoms with Crippen LogP contribution in [0.3, 0.4) is 0 Å². The Labute approximate surface area is 120 Å². The van der Waals surface area contributed by atoms with Gasteiger partial charge in [-0.2, -0.15) is 8.78 Å². The topological polar surface area (TPSA) is 84.7 Å². The van der Waals surface area contributed by atoms with Crippen LogP contribution in [0, 0.1) is 0 Å². The molecule has 1 rings (SSSR count). The molecular formula is C13H17F2N3O3. The number of ether oxygens (including phenoxy) is 1. The summed E-state index contributed by atoms with van der Waals surface area (Å²) in [6.45, 7) is -0.856. The molecule has 0 saturated carbocycles. The number of carbonyl (C=O) groups is 2. The Morgan fingerprint density at radius 2 is 1.90 bits per heavy atom. The highest BCUT2D eigenvalue weighted by molar-refractivity contribution is 5.96. The zero-order valence-electron chi connectivity index (χ0n) is 11.7. The van der Waals surface area contributed by atoms with Crippen LogP contribution in [0.5, 0.6) is 5.75 Å². The van der Waals surface area contributed by atoms with Crippen LogP contribution in [0.15, 0.2) is 24.3 Å². The highest BCUT2D eigenvalue weighted by atomic mass is 19.3. The summed E-state index contributed by atoms with van der Waals surface area (Å²) < 4.78 is 28.3. The van der Waals surface area contributed by atoms with E-state index in [9.17, 15) is 18.4 Å². The summed E-state index contributed by atoms with van der Waals surface area (Å²) in [6.07, 6.45) is 0. The van der Waals surface area contributed by atoms with E-state index in [4.69, 9.17) is 5.73 Å². The standard InChI is InChI=1S/C13H17F2N3O3/c1-8(11(19)17-13(16)20)18(2)7-9-3-5-10(6-4-9)21-12(14)15/h3-6,8,12H,7H2,1-2H3,(H3,16,17,19,20)/t8-/m0/s1. The number of imide groups is 1. The molecule has 0 aromatic heterocycles. The van der Waals surface area contributed by atoms with Gasteiger partial charge in [-0.05, 0) is 31.7 Å². The second-order valence-electron chi connectivity index (χ2n) is 4.47. The second kappa shape index (κ2) is 7.53. The largest absolute Gasteiger partial charge is 0.435 e. The Balaban J connectivity index is 2.59. The van der Waals surface area contributed by atoms with Gasteiger partial charge in [0.05, 0.1) is 6.04 Å². The van der Waals surface area contributed by atoms with Crippen LogP contribution in [0.1, 0.15) is 12.5 Å². The van der Waals surface area contributed by atoms with Gasteiger partial charge in [-0.25, -0.2) is 4.79 Å². The molecule has 0 saturated heterocycles. The second-order valence-corrected chi connectivity index (χ2v) is 4.47. The molecule has 0 aliphatic rings. The molecule has 1 aromatic carbocycles. The number of nitrogens with two attached hydrogens (primary N) is 1. The molecule has 0 bridgehead atoms. The number of rotatable bonds is 6. The first-order valence-electron chi connectivity index (χ1n) is 6.14. The quantitative estimate of drug-likeness (QED) is 0.829. The van der Waals surface area contributed by atoms with Gasteiger partial charge in [0, 0.05) is 6.54 Å². The van der Waals surface area contributed by atoms with Crippen LogP contribution in [-0.4, -0.2) is 36.5 Å². The number of benzene rings is 1. The van der Waals surface area contributed by atoms with Gasteiger partial charge in [-0.15, -0.1) is 0 Å². The van der Waals surface area contributed by atoms with Crippen LogP contribution in [0.2, 0.25) is 0 Å². The van der Waals surface area contributed by atoms with Crippen molar-refractivity contribution in [3.8, 4) is 5.75 Å². The summed E-state index contributed by atoms with van der Waals surface area (Å²) in [4.78, 5) is 23.9. The summed E-state index contributed by atoms with van der Waals surface area (Å²) in [6, 6.07) is 4.59. The average Bonchev–Trinajstić information content (AvgIpc) is 2.38. The molecule has 0 spiro atoms. The van der Waals surface area contributed by atoms with Crippen molar-refractivity contribution in [3.05, 3.63) is 29.8 Å². The number of halogens is 2. The highest BCUT2D eigenvalue weighted by Crippen LogP contribution is 2.16. The minimum Gasteiger partial charge on any atom is -0.435 e. The normalized spacial score (nSPS) is 12.3. The number of urea groups is 1. The summed E-state index contributed by atoms with van der Waals surface area (Å²) in [7, 11) is 1.69. The van der Waals surface area contributed by atoms with E-state index >= 15 is 0 Å². The third-order valence-electron chi connectivity index (χ3n) is 2.87. The predicted molar refractivity (Wildman–Crippen MR) is 71.7 cm³/mol. The number of alkyl halides is 2. The van der Waals surface area contributed by atoms with Gasteiger partial charge in [0.15, 0.2) is 0 Å². The molecule has 116 valence electrons. The number of hydrogen-bond donors (Lipinski definition) is 2. The number of primary amides is 1. The van der Waals surface area contributed by atoms with Gasteiger partial charge in [0.1, 0.15) is 5.75 Å². The number of nitrogens with one attached hydrogen (secondary N) is 1. The van der Waals surface area contributed by atoms with E-state index in [0.29, 0.717) is 6.54 Å². The Bertz CT molecular complexity index is 494. The van der Waals surface area contributed by atoms with E-state index in [1.165, 1.54) is 12.1 Å². The molecule has 0 aliphatic carbocycles. The van der Waals surface area contributed by atoms with E-state index in [2.05, 4.69) is 4.74 Å². The summed E-state index contributed by atoms with van der Waals surface area (Å²) in [5, 5.41) is 1.99. The molecule has 6 nitrogen and oxygen atoms in total. The van der Waals surface area contributed by atoms with Crippen molar-refractivity contribution in [2.24, 2.45) is 5.73 Å². The molecule has 1 atom stereocenters. The molecule has 0 heterocycles. The monoisotopic (exact) mass is 301 g/mol. The van der Waals surface area contributed by atoms with Gasteiger partial charge in [-0.1, -0.05) is 12.1 Å². The number of hydrogen-bond acceptors (Lipinski definition) is 4. The van der Waals surface area contributed by atoms with Gasteiger partial charge in [0.2, 0.25) is 5.91 Å². The molecule has 0 aliphatic heterocycles. The highest BCUT2D eigenvalue weighted by Gasteiger charge is 2.19. The van der Waals surface area contributed by atoms with Crippen molar-refractivity contribution in [3.63, 3.8) is 0 Å². The molecule has 0 unspecified atom stereocenters. The molecule has 3 amide bonds. The lowest BCUT2D eigenvalue weighted by Gasteiger charge is -2.23. The van der Waals surface area contributed by atoms with E-state index in [-0.39, 0.29) is 5.75 Å². The van der Waals surface area contributed by atoms with Crippen LogP contribution < -0.4 is 15.8 Å². The van der Waals surface area contributed by atoms with Gasteiger partial charge >= 0.3 is 12.6 Å². The smallest absolute Gasteiger partial charge is 0.387 e. The Morgan fingerprint density at radius 3 is 2.38 bits per heavy atom. The number of carbonyl (C=O) groups excluding carboxylic acids is 2. The van der Waals surface area contributed by atoms with Crippen LogP contribution in [-0.2, 0) is 11.3 Å². The van der Waals surface area contributed by atoms with Crippen LogP contribution in [0.25, 0.3) is 0 Å². The Morgan fingerprint density at radius 1 is 1.33 bits per heavy atom. The average molecular weight is 301 g/mol. The lowest BCUT2D eigenvalue weighted by Crippen LogP contribution is -2.46. The first kappa shape index (κ1) is 16.8. The molecular weight excluding hydrogens is 284 g/mol. The Hall–Kier alpha value is -2.22. The fourth-order valence-electron chi connectivity index (χ4n) is 1.63. The lowest BCUT2D eigenvalue weighted by atomic mass is 10.2. The third kappa shape index (κ3) is 5.74. The number of nitrogens with zero attached hydrogens (tertiary/aromatic N) is 1.